The van der Waals surface area contributed by atoms with Gasteiger partial charge < -0.3 is 0 Å². The molecule has 0 aliphatic rings. The van der Waals surface area contributed by atoms with Crippen LogP contribution < -0.4 is 0 Å². The van der Waals surface area contributed by atoms with E-state index in [0.717, 1.165) is 5.70 Å². The molecule has 0 atom stereocenters. The topological polar surface area (TPSA) is 24.7 Å². The van der Waals surface area contributed by atoms with Gasteiger partial charge in [0.1, 0.15) is 5.17 Å². The van der Waals surface area contributed by atoms with Crippen LogP contribution in [0.25, 0.3) is 0 Å². The highest BCUT2D eigenvalue weighted by molar-refractivity contribution is 6.64. The molecule has 0 aromatic carbocycles. The Morgan fingerprint density at radius 3 is 2.17 bits per heavy atom. The van der Waals surface area contributed by atoms with Crippen LogP contribution in [0, 0.1) is 5.41 Å². The van der Waals surface area contributed by atoms with Crippen molar-refractivity contribution in [2.75, 3.05) is 0 Å². The quantitative estimate of drug-likeness (QED) is 0.592. The SMILES string of the molecule is C=N/C(=C\N=C(/C)Cl)C(C)(C)C. The first-order valence-corrected chi connectivity index (χ1v) is 4.13. The number of hydrogen-bond acceptors (Lipinski definition) is 2. The Morgan fingerprint density at radius 1 is 1.42 bits per heavy atom. The Balaban J connectivity index is 4.68. The molecule has 0 fully saturated rings. The van der Waals surface area contributed by atoms with Gasteiger partial charge in [0.2, 0.25) is 0 Å². The van der Waals surface area contributed by atoms with Crippen LogP contribution in [0.4, 0.5) is 0 Å². The van der Waals surface area contributed by atoms with Gasteiger partial charge in [0.15, 0.2) is 0 Å². The van der Waals surface area contributed by atoms with Crippen LogP contribution >= 0.6 is 11.6 Å². The molecular formula is C9H15ClN2. The highest BCUT2D eigenvalue weighted by atomic mass is 35.5. The zero-order chi connectivity index (χ0) is 9.78. The van der Waals surface area contributed by atoms with Crippen molar-refractivity contribution in [1.29, 1.82) is 0 Å². The van der Waals surface area contributed by atoms with E-state index in [4.69, 9.17) is 11.6 Å². The van der Waals surface area contributed by atoms with Crippen molar-refractivity contribution in [2.45, 2.75) is 27.7 Å². The smallest absolute Gasteiger partial charge is 0.103 e. The third-order valence-electron chi connectivity index (χ3n) is 1.30. The molecule has 12 heavy (non-hydrogen) atoms. The van der Waals surface area contributed by atoms with Gasteiger partial charge in [0, 0.05) is 5.41 Å². The minimum absolute atomic E-state index is 0.0302. The van der Waals surface area contributed by atoms with Crippen LogP contribution in [0.3, 0.4) is 0 Å². The Hall–Kier alpha value is -0.630. The van der Waals surface area contributed by atoms with E-state index >= 15 is 0 Å². The molecule has 3 heteroatoms. The highest BCUT2D eigenvalue weighted by Crippen LogP contribution is 2.25. The predicted octanol–water partition coefficient (Wildman–Crippen LogP) is 3.23. The Labute approximate surface area is 79.1 Å². The van der Waals surface area contributed by atoms with Crippen molar-refractivity contribution in [3.63, 3.8) is 0 Å². The first-order chi connectivity index (χ1) is 5.38. The second-order valence-corrected chi connectivity index (χ2v) is 4.10. The lowest BCUT2D eigenvalue weighted by molar-refractivity contribution is 0.498. The molecule has 0 amide bonds. The van der Waals surface area contributed by atoms with Crippen molar-refractivity contribution in [3.05, 3.63) is 11.9 Å². The summed E-state index contributed by atoms with van der Waals surface area (Å²) in [6.07, 6.45) is 1.65. The van der Waals surface area contributed by atoms with E-state index in [0.29, 0.717) is 5.17 Å². The average Bonchev–Trinajstić information content (AvgIpc) is 1.85. The largest absolute Gasteiger partial charge is 0.267 e. The van der Waals surface area contributed by atoms with Crippen LogP contribution in [0.1, 0.15) is 27.7 Å². The number of halogens is 1. The maximum absolute atomic E-state index is 5.57. The summed E-state index contributed by atoms with van der Waals surface area (Å²) in [7, 11) is 0. The maximum atomic E-state index is 5.57. The summed E-state index contributed by atoms with van der Waals surface area (Å²) in [5.74, 6) is 0. The van der Waals surface area contributed by atoms with Crippen LogP contribution in [0.2, 0.25) is 0 Å². The molecule has 0 aliphatic carbocycles. The average molecular weight is 187 g/mol. The predicted molar refractivity (Wildman–Crippen MR) is 56.0 cm³/mol. The second-order valence-electron chi connectivity index (χ2n) is 3.55. The van der Waals surface area contributed by atoms with Gasteiger partial charge in [-0.25, -0.2) is 4.99 Å². The lowest BCUT2D eigenvalue weighted by Gasteiger charge is -2.17. The minimum atomic E-state index is -0.0302. The molecule has 0 heterocycles. The standard InChI is InChI=1S/C9H15ClN2/c1-7(10)12-6-8(11-5)9(2,3)4/h6H,5H2,1-4H3/b8-6-,12-7+. The lowest BCUT2D eigenvalue weighted by atomic mass is 9.93. The van der Waals surface area contributed by atoms with Gasteiger partial charge in [-0.15, -0.1) is 0 Å². The number of aliphatic imine (C=N–C) groups is 2. The summed E-state index contributed by atoms with van der Waals surface area (Å²) in [5, 5.41) is 0.500. The van der Waals surface area contributed by atoms with Crippen molar-refractivity contribution in [1.82, 2.24) is 0 Å². The summed E-state index contributed by atoms with van der Waals surface area (Å²) in [6.45, 7) is 11.3. The van der Waals surface area contributed by atoms with Gasteiger partial charge in [-0.3, -0.25) is 4.99 Å². The van der Waals surface area contributed by atoms with E-state index in [2.05, 4.69) is 16.7 Å². The Bertz CT molecular complexity index is 217. The van der Waals surface area contributed by atoms with Crippen LogP contribution in [-0.2, 0) is 0 Å². The molecule has 0 unspecified atom stereocenters. The third-order valence-corrected chi connectivity index (χ3v) is 1.40. The molecule has 0 spiro atoms. The van der Waals surface area contributed by atoms with E-state index in [1.54, 1.807) is 13.1 Å². The molecule has 0 N–H and O–H groups in total. The number of rotatable bonds is 2. The molecule has 68 valence electrons. The van der Waals surface area contributed by atoms with Crippen molar-refractivity contribution in [3.8, 4) is 0 Å². The molecule has 0 aromatic rings. The Kier molecular flexibility index (Phi) is 4.18. The van der Waals surface area contributed by atoms with E-state index in [9.17, 15) is 0 Å². The second kappa shape index (κ2) is 4.41. The van der Waals surface area contributed by atoms with Gasteiger partial charge in [-0.2, -0.15) is 0 Å². The lowest BCUT2D eigenvalue weighted by Crippen LogP contribution is -2.06. The number of nitrogens with zero attached hydrogens (tertiary/aromatic N) is 2. The fraction of sp³-hybridized carbons (Fsp3) is 0.556. The maximum Gasteiger partial charge on any atom is 0.103 e. The normalized spacial score (nSPS) is 14.8. The molecular weight excluding hydrogens is 172 g/mol. The summed E-state index contributed by atoms with van der Waals surface area (Å²) in [4.78, 5) is 7.83. The molecule has 0 saturated carbocycles. The van der Waals surface area contributed by atoms with Crippen molar-refractivity contribution in [2.24, 2.45) is 15.4 Å². The summed E-state index contributed by atoms with van der Waals surface area (Å²) >= 11 is 5.57. The molecule has 0 aliphatic heterocycles. The molecule has 0 aromatic heterocycles. The first-order valence-electron chi connectivity index (χ1n) is 3.75. The van der Waals surface area contributed by atoms with Crippen molar-refractivity contribution < 1.29 is 0 Å². The van der Waals surface area contributed by atoms with Gasteiger partial charge in [0.05, 0.1) is 11.9 Å². The van der Waals surface area contributed by atoms with Gasteiger partial charge in [-0.1, -0.05) is 32.4 Å². The monoisotopic (exact) mass is 186 g/mol. The molecule has 0 rings (SSSR count). The fourth-order valence-electron chi connectivity index (χ4n) is 0.622. The van der Waals surface area contributed by atoms with Gasteiger partial charge in [0.25, 0.3) is 0 Å². The van der Waals surface area contributed by atoms with E-state index in [-0.39, 0.29) is 5.41 Å². The van der Waals surface area contributed by atoms with E-state index < -0.39 is 0 Å². The van der Waals surface area contributed by atoms with Crippen LogP contribution in [0.15, 0.2) is 21.9 Å². The molecule has 2 nitrogen and oxygen atoms in total. The molecule has 0 radical (unpaired) electrons. The summed E-state index contributed by atoms with van der Waals surface area (Å²) in [6, 6.07) is 0. The third kappa shape index (κ3) is 4.29. The first kappa shape index (κ1) is 11.4. The highest BCUT2D eigenvalue weighted by Gasteiger charge is 2.15. The van der Waals surface area contributed by atoms with Crippen molar-refractivity contribution >= 4 is 23.5 Å². The van der Waals surface area contributed by atoms with Crippen LogP contribution in [-0.4, -0.2) is 11.9 Å². The zero-order valence-corrected chi connectivity index (χ0v) is 8.81. The van der Waals surface area contributed by atoms with E-state index in [1.807, 2.05) is 20.8 Å². The summed E-state index contributed by atoms with van der Waals surface area (Å²) in [5.41, 5.74) is 0.805. The Morgan fingerprint density at radius 2 is 1.92 bits per heavy atom. The zero-order valence-electron chi connectivity index (χ0n) is 8.06. The fourth-order valence-corrected chi connectivity index (χ4v) is 0.671. The number of hydrogen-bond donors (Lipinski definition) is 0. The molecule has 0 bridgehead atoms. The molecule has 0 saturated heterocycles. The van der Waals surface area contributed by atoms with Gasteiger partial charge >= 0.3 is 0 Å². The minimum Gasteiger partial charge on any atom is -0.267 e. The van der Waals surface area contributed by atoms with Crippen LogP contribution in [0.5, 0.6) is 0 Å². The summed E-state index contributed by atoms with van der Waals surface area (Å²) < 4.78 is 0. The van der Waals surface area contributed by atoms with E-state index in [1.165, 1.54) is 0 Å². The van der Waals surface area contributed by atoms with Gasteiger partial charge in [-0.05, 0) is 13.6 Å². The number of allylic oxidation sites excluding steroid dienone is 1.